The normalized spacial score (nSPS) is 28.6. The van der Waals surface area contributed by atoms with Crippen LogP contribution in [-0.2, 0) is 4.79 Å². The van der Waals surface area contributed by atoms with Gasteiger partial charge in [-0.3, -0.25) is 0 Å². The summed E-state index contributed by atoms with van der Waals surface area (Å²) in [6.45, 7) is 0.557. The van der Waals surface area contributed by atoms with Crippen molar-refractivity contribution in [3.8, 4) is 6.07 Å². The van der Waals surface area contributed by atoms with Crippen LogP contribution < -0.4 is 0 Å². The van der Waals surface area contributed by atoms with Crippen LogP contribution in [0.25, 0.3) is 0 Å². The molecular weight excluding hydrogens is 152 g/mol. The van der Waals surface area contributed by atoms with Gasteiger partial charge in [-0.2, -0.15) is 5.26 Å². The molecule has 1 saturated carbocycles. The van der Waals surface area contributed by atoms with Crippen LogP contribution in [-0.4, -0.2) is 12.6 Å². The third-order valence-corrected chi connectivity index (χ3v) is 2.38. The standard InChI is InChI=1S/C9H12N2O/c10-5-8-2-1-3-9(4-8)6-11-7-12/h8-9H,1-4,6H2. The van der Waals surface area contributed by atoms with Gasteiger partial charge in [-0.05, 0) is 25.2 Å². The SMILES string of the molecule is N#CC1CCCC(CN=C=O)C1. The van der Waals surface area contributed by atoms with E-state index in [1.807, 2.05) is 0 Å². The van der Waals surface area contributed by atoms with E-state index in [9.17, 15) is 4.79 Å². The Kier molecular flexibility index (Phi) is 3.50. The summed E-state index contributed by atoms with van der Waals surface area (Å²) in [5.74, 6) is 0.621. The van der Waals surface area contributed by atoms with E-state index in [4.69, 9.17) is 5.26 Å². The molecule has 1 rings (SSSR count). The number of rotatable bonds is 2. The predicted octanol–water partition coefficient (Wildman–Crippen LogP) is 1.65. The smallest absolute Gasteiger partial charge is 0.211 e. The van der Waals surface area contributed by atoms with Crippen molar-refractivity contribution in [3.63, 3.8) is 0 Å². The van der Waals surface area contributed by atoms with Crippen LogP contribution in [0, 0.1) is 23.2 Å². The number of aliphatic imine (C=N–C) groups is 1. The van der Waals surface area contributed by atoms with Crippen molar-refractivity contribution in [3.05, 3.63) is 0 Å². The second-order valence-electron chi connectivity index (χ2n) is 3.29. The van der Waals surface area contributed by atoms with E-state index in [1.54, 1.807) is 0 Å². The van der Waals surface area contributed by atoms with E-state index in [2.05, 4.69) is 11.1 Å². The Morgan fingerprint density at radius 3 is 3.00 bits per heavy atom. The lowest BCUT2D eigenvalue weighted by Crippen LogP contribution is -2.16. The molecule has 64 valence electrons. The first-order chi connectivity index (χ1) is 5.86. The van der Waals surface area contributed by atoms with Crippen molar-refractivity contribution in [2.45, 2.75) is 25.7 Å². The minimum Gasteiger partial charge on any atom is -0.211 e. The second-order valence-corrected chi connectivity index (χ2v) is 3.29. The number of nitriles is 1. The summed E-state index contributed by atoms with van der Waals surface area (Å²) < 4.78 is 0. The van der Waals surface area contributed by atoms with Crippen LogP contribution in [0.2, 0.25) is 0 Å². The largest absolute Gasteiger partial charge is 0.234 e. The molecule has 1 aliphatic rings. The fraction of sp³-hybridized carbons (Fsp3) is 0.778. The Hall–Kier alpha value is -1.13. The van der Waals surface area contributed by atoms with Crippen molar-refractivity contribution in [1.82, 2.24) is 0 Å². The molecular formula is C9H12N2O. The van der Waals surface area contributed by atoms with E-state index in [0.717, 1.165) is 25.7 Å². The third-order valence-electron chi connectivity index (χ3n) is 2.38. The molecule has 3 heteroatoms. The number of nitrogens with zero attached hydrogens (tertiary/aromatic N) is 2. The lowest BCUT2D eigenvalue weighted by molar-refractivity contribution is 0.316. The van der Waals surface area contributed by atoms with Gasteiger partial charge in [0.05, 0.1) is 12.6 Å². The summed E-state index contributed by atoms with van der Waals surface area (Å²) >= 11 is 0. The molecule has 0 heterocycles. The summed E-state index contributed by atoms with van der Waals surface area (Å²) in [5.41, 5.74) is 0. The molecule has 12 heavy (non-hydrogen) atoms. The summed E-state index contributed by atoms with van der Waals surface area (Å²) in [7, 11) is 0. The Balaban J connectivity index is 2.36. The summed E-state index contributed by atoms with van der Waals surface area (Å²) in [6.07, 6.45) is 5.65. The highest BCUT2D eigenvalue weighted by Crippen LogP contribution is 2.28. The van der Waals surface area contributed by atoms with Crippen molar-refractivity contribution in [2.75, 3.05) is 6.54 Å². The Labute approximate surface area is 72.1 Å². The topological polar surface area (TPSA) is 53.2 Å². The second kappa shape index (κ2) is 4.69. The molecule has 0 aliphatic heterocycles. The fourth-order valence-corrected chi connectivity index (χ4v) is 1.74. The summed E-state index contributed by atoms with van der Waals surface area (Å²) in [5, 5.41) is 8.68. The van der Waals surface area contributed by atoms with Gasteiger partial charge >= 0.3 is 0 Å². The minimum absolute atomic E-state index is 0.186. The van der Waals surface area contributed by atoms with Gasteiger partial charge in [-0.15, -0.1) is 0 Å². The van der Waals surface area contributed by atoms with Gasteiger partial charge in [0, 0.05) is 5.92 Å². The maximum Gasteiger partial charge on any atom is 0.234 e. The molecule has 0 saturated heterocycles. The van der Waals surface area contributed by atoms with Gasteiger partial charge < -0.3 is 0 Å². The quantitative estimate of drug-likeness (QED) is 0.460. The summed E-state index contributed by atoms with van der Waals surface area (Å²) in [6, 6.07) is 2.27. The Bertz CT molecular complexity index is 225. The first-order valence-electron chi connectivity index (χ1n) is 4.30. The lowest BCUT2D eigenvalue weighted by atomic mass is 9.82. The number of carbonyl (C=O) groups excluding carboxylic acids is 1. The highest BCUT2D eigenvalue weighted by atomic mass is 16.1. The maximum absolute atomic E-state index is 9.84. The van der Waals surface area contributed by atoms with Crippen LogP contribution in [0.3, 0.4) is 0 Å². The molecule has 3 nitrogen and oxygen atoms in total. The lowest BCUT2D eigenvalue weighted by Gasteiger charge is -2.22. The Morgan fingerprint density at radius 2 is 2.33 bits per heavy atom. The van der Waals surface area contributed by atoms with Gasteiger partial charge in [0.15, 0.2) is 0 Å². The van der Waals surface area contributed by atoms with E-state index in [-0.39, 0.29) is 5.92 Å². The molecule has 0 amide bonds. The molecule has 1 aliphatic carbocycles. The molecule has 0 aromatic rings. The van der Waals surface area contributed by atoms with Gasteiger partial charge in [-0.1, -0.05) is 6.42 Å². The first-order valence-corrected chi connectivity index (χ1v) is 4.30. The number of isocyanates is 1. The monoisotopic (exact) mass is 164 g/mol. The zero-order valence-corrected chi connectivity index (χ0v) is 6.99. The Morgan fingerprint density at radius 1 is 1.50 bits per heavy atom. The highest BCUT2D eigenvalue weighted by molar-refractivity contribution is 5.32. The highest BCUT2D eigenvalue weighted by Gasteiger charge is 2.20. The van der Waals surface area contributed by atoms with Crippen molar-refractivity contribution >= 4 is 6.08 Å². The molecule has 0 aromatic carbocycles. The number of hydrogen-bond acceptors (Lipinski definition) is 3. The molecule has 0 radical (unpaired) electrons. The fourth-order valence-electron chi connectivity index (χ4n) is 1.74. The molecule has 0 N–H and O–H groups in total. The molecule has 2 unspecified atom stereocenters. The predicted molar refractivity (Wildman–Crippen MR) is 44.0 cm³/mol. The van der Waals surface area contributed by atoms with E-state index in [1.165, 1.54) is 6.08 Å². The molecule has 2 atom stereocenters. The third kappa shape index (κ3) is 2.48. The first kappa shape index (κ1) is 8.96. The van der Waals surface area contributed by atoms with Crippen LogP contribution >= 0.6 is 0 Å². The van der Waals surface area contributed by atoms with Crippen LogP contribution in [0.5, 0.6) is 0 Å². The van der Waals surface area contributed by atoms with Gasteiger partial charge in [-0.25, -0.2) is 9.79 Å². The molecule has 0 spiro atoms. The van der Waals surface area contributed by atoms with E-state index < -0.39 is 0 Å². The van der Waals surface area contributed by atoms with Crippen molar-refractivity contribution in [1.29, 1.82) is 5.26 Å². The van der Waals surface area contributed by atoms with Gasteiger partial charge in [0.25, 0.3) is 0 Å². The van der Waals surface area contributed by atoms with Crippen LogP contribution in [0.15, 0.2) is 4.99 Å². The average molecular weight is 164 g/mol. The van der Waals surface area contributed by atoms with Gasteiger partial charge in [0.2, 0.25) is 6.08 Å². The zero-order valence-electron chi connectivity index (χ0n) is 6.99. The van der Waals surface area contributed by atoms with E-state index >= 15 is 0 Å². The van der Waals surface area contributed by atoms with Crippen molar-refractivity contribution in [2.24, 2.45) is 16.8 Å². The summed E-state index contributed by atoms with van der Waals surface area (Å²) in [4.78, 5) is 13.4. The molecule has 0 bridgehead atoms. The minimum atomic E-state index is 0.186. The van der Waals surface area contributed by atoms with Crippen molar-refractivity contribution < 1.29 is 4.79 Å². The van der Waals surface area contributed by atoms with Gasteiger partial charge in [0.1, 0.15) is 0 Å². The zero-order chi connectivity index (χ0) is 8.81. The average Bonchev–Trinajstić information content (AvgIpc) is 2.15. The number of hydrogen-bond donors (Lipinski definition) is 0. The molecule has 0 aromatic heterocycles. The maximum atomic E-state index is 9.84. The van der Waals surface area contributed by atoms with Crippen LogP contribution in [0.1, 0.15) is 25.7 Å². The van der Waals surface area contributed by atoms with Crippen LogP contribution in [0.4, 0.5) is 0 Å². The molecule has 1 fully saturated rings. The van der Waals surface area contributed by atoms with E-state index in [0.29, 0.717) is 12.5 Å².